The molecule has 5 rings (SSSR count). The Morgan fingerprint density at radius 1 is 0.900 bits per heavy atom. The first-order valence-electron chi connectivity index (χ1n) is 9.69. The SMILES string of the molecule is O=C(c1cnc(-c2ccccc2)s1)N1CCN(c2nnnn2-c2ccccc2)CC1. The van der Waals surface area contributed by atoms with Crippen LogP contribution in [0.1, 0.15) is 9.67 Å². The van der Waals surface area contributed by atoms with Crippen LogP contribution in [0.5, 0.6) is 0 Å². The van der Waals surface area contributed by atoms with Gasteiger partial charge in [-0.25, -0.2) is 4.98 Å². The average Bonchev–Trinajstić information content (AvgIpc) is 3.50. The zero-order valence-corrected chi connectivity index (χ0v) is 16.9. The Labute approximate surface area is 177 Å². The molecule has 3 heterocycles. The number of carbonyl (C=O) groups is 1. The zero-order valence-electron chi connectivity index (χ0n) is 16.1. The molecule has 1 fully saturated rings. The van der Waals surface area contributed by atoms with Crippen LogP contribution in [0.3, 0.4) is 0 Å². The molecule has 0 saturated carbocycles. The van der Waals surface area contributed by atoms with Crippen molar-refractivity contribution in [3.05, 3.63) is 71.7 Å². The van der Waals surface area contributed by atoms with E-state index in [0.29, 0.717) is 37.0 Å². The molecular weight excluding hydrogens is 398 g/mol. The minimum atomic E-state index is 0.0250. The van der Waals surface area contributed by atoms with E-state index in [2.05, 4.69) is 25.4 Å². The fraction of sp³-hybridized carbons (Fsp3) is 0.190. The first-order valence-corrected chi connectivity index (χ1v) is 10.5. The smallest absolute Gasteiger partial charge is 0.265 e. The number of carbonyl (C=O) groups excluding carboxylic acids is 1. The molecule has 1 aliphatic heterocycles. The van der Waals surface area contributed by atoms with Gasteiger partial charge in [0.05, 0.1) is 11.9 Å². The van der Waals surface area contributed by atoms with Crippen LogP contribution < -0.4 is 4.90 Å². The van der Waals surface area contributed by atoms with E-state index >= 15 is 0 Å². The van der Waals surface area contributed by atoms with Crippen molar-refractivity contribution >= 4 is 23.2 Å². The number of amides is 1. The van der Waals surface area contributed by atoms with Crippen molar-refractivity contribution in [3.8, 4) is 16.3 Å². The molecule has 9 heteroatoms. The Morgan fingerprint density at radius 2 is 1.60 bits per heavy atom. The first-order chi connectivity index (χ1) is 14.8. The lowest BCUT2D eigenvalue weighted by Crippen LogP contribution is -2.49. The van der Waals surface area contributed by atoms with E-state index in [0.717, 1.165) is 16.3 Å². The molecule has 0 bridgehead atoms. The molecule has 2 aromatic heterocycles. The number of nitrogens with zero attached hydrogens (tertiary/aromatic N) is 7. The maximum Gasteiger partial charge on any atom is 0.265 e. The molecule has 2 aromatic carbocycles. The van der Waals surface area contributed by atoms with Crippen molar-refractivity contribution in [2.75, 3.05) is 31.1 Å². The van der Waals surface area contributed by atoms with Crippen LogP contribution in [-0.2, 0) is 0 Å². The minimum Gasteiger partial charge on any atom is -0.336 e. The van der Waals surface area contributed by atoms with Crippen LogP contribution >= 0.6 is 11.3 Å². The number of anilines is 1. The summed E-state index contributed by atoms with van der Waals surface area (Å²) in [6.07, 6.45) is 1.68. The van der Waals surface area contributed by atoms with Gasteiger partial charge in [-0.2, -0.15) is 4.68 Å². The van der Waals surface area contributed by atoms with Gasteiger partial charge in [0.15, 0.2) is 0 Å². The van der Waals surface area contributed by atoms with Gasteiger partial charge in [-0.05, 0) is 22.6 Å². The molecule has 150 valence electrons. The van der Waals surface area contributed by atoms with Gasteiger partial charge in [-0.15, -0.1) is 11.3 Å². The van der Waals surface area contributed by atoms with Crippen LogP contribution in [0.4, 0.5) is 5.95 Å². The predicted octanol–water partition coefficient (Wildman–Crippen LogP) is 2.75. The minimum absolute atomic E-state index is 0.0250. The summed E-state index contributed by atoms with van der Waals surface area (Å²) in [5, 5.41) is 13.0. The molecular formula is C21H19N7OS. The van der Waals surface area contributed by atoms with E-state index < -0.39 is 0 Å². The highest BCUT2D eigenvalue weighted by Crippen LogP contribution is 2.26. The number of aromatic nitrogens is 5. The van der Waals surface area contributed by atoms with Gasteiger partial charge in [-0.1, -0.05) is 53.6 Å². The maximum atomic E-state index is 13.0. The Morgan fingerprint density at radius 3 is 2.33 bits per heavy atom. The third-order valence-corrected chi connectivity index (χ3v) is 6.08. The van der Waals surface area contributed by atoms with Gasteiger partial charge in [-0.3, -0.25) is 4.79 Å². The summed E-state index contributed by atoms with van der Waals surface area (Å²) in [6, 6.07) is 19.7. The van der Waals surface area contributed by atoms with Crippen LogP contribution in [-0.4, -0.2) is 62.2 Å². The maximum absolute atomic E-state index is 13.0. The number of hydrogen-bond acceptors (Lipinski definition) is 7. The Balaban J connectivity index is 1.27. The van der Waals surface area contributed by atoms with Gasteiger partial charge < -0.3 is 9.80 Å². The molecule has 1 amide bonds. The quantitative estimate of drug-likeness (QED) is 0.508. The number of rotatable bonds is 4. The molecule has 1 saturated heterocycles. The van der Waals surface area contributed by atoms with Crippen molar-refractivity contribution in [2.45, 2.75) is 0 Å². The zero-order chi connectivity index (χ0) is 20.3. The van der Waals surface area contributed by atoms with Crippen molar-refractivity contribution in [1.82, 2.24) is 30.1 Å². The van der Waals surface area contributed by atoms with E-state index in [-0.39, 0.29) is 5.91 Å². The summed E-state index contributed by atoms with van der Waals surface area (Å²) in [4.78, 5) is 22.0. The monoisotopic (exact) mass is 417 g/mol. The third kappa shape index (κ3) is 3.55. The fourth-order valence-electron chi connectivity index (χ4n) is 3.47. The Kier molecular flexibility index (Phi) is 4.94. The summed E-state index contributed by atoms with van der Waals surface area (Å²) in [6.45, 7) is 2.56. The van der Waals surface area contributed by atoms with Gasteiger partial charge in [0, 0.05) is 31.7 Å². The molecule has 0 aliphatic carbocycles. The highest BCUT2D eigenvalue weighted by Gasteiger charge is 2.26. The summed E-state index contributed by atoms with van der Waals surface area (Å²) < 4.78 is 1.73. The number of thiazole rings is 1. The Bertz CT molecular complexity index is 1130. The second kappa shape index (κ2) is 8.03. The largest absolute Gasteiger partial charge is 0.336 e. The van der Waals surface area contributed by atoms with Crippen LogP contribution in [0.2, 0.25) is 0 Å². The molecule has 4 aromatic rings. The van der Waals surface area contributed by atoms with Crippen molar-refractivity contribution in [1.29, 1.82) is 0 Å². The molecule has 0 spiro atoms. The Hall–Kier alpha value is -3.59. The number of hydrogen-bond donors (Lipinski definition) is 0. The number of piperazine rings is 1. The van der Waals surface area contributed by atoms with Crippen LogP contribution in [0.15, 0.2) is 66.9 Å². The summed E-state index contributed by atoms with van der Waals surface area (Å²) in [5.41, 5.74) is 1.94. The third-order valence-electron chi connectivity index (χ3n) is 5.04. The van der Waals surface area contributed by atoms with Crippen molar-refractivity contribution in [3.63, 3.8) is 0 Å². The van der Waals surface area contributed by atoms with Gasteiger partial charge in [0.1, 0.15) is 9.88 Å². The normalized spacial score (nSPS) is 14.1. The molecule has 0 unspecified atom stereocenters. The molecule has 0 N–H and O–H groups in total. The van der Waals surface area contributed by atoms with Crippen LogP contribution in [0, 0.1) is 0 Å². The highest BCUT2D eigenvalue weighted by molar-refractivity contribution is 7.16. The number of benzene rings is 2. The molecule has 30 heavy (non-hydrogen) atoms. The molecule has 8 nitrogen and oxygen atoms in total. The summed E-state index contributed by atoms with van der Waals surface area (Å²) >= 11 is 1.43. The topological polar surface area (TPSA) is 80.0 Å². The molecule has 0 atom stereocenters. The lowest BCUT2D eigenvalue weighted by atomic mass is 10.2. The van der Waals surface area contributed by atoms with Crippen molar-refractivity contribution < 1.29 is 4.79 Å². The highest BCUT2D eigenvalue weighted by atomic mass is 32.1. The first kappa shape index (κ1) is 18.4. The fourth-order valence-corrected chi connectivity index (χ4v) is 4.36. The van der Waals surface area contributed by atoms with Gasteiger partial charge in [0.25, 0.3) is 5.91 Å². The van der Waals surface area contributed by atoms with E-state index in [1.165, 1.54) is 11.3 Å². The van der Waals surface area contributed by atoms with E-state index in [4.69, 9.17) is 0 Å². The summed E-state index contributed by atoms with van der Waals surface area (Å²) in [7, 11) is 0. The lowest BCUT2D eigenvalue weighted by Gasteiger charge is -2.34. The van der Waals surface area contributed by atoms with E-state index in [9.17, 15) is 4.79 Å². The van der Waals surface area contributed by atoms with E-state index in [1.807, 2.05) is 65.6 Å². The standard InChI is InChI=1S/C21H19N7OS/c29-20(18-15-22-19(30-18)16-7-3-1-4-8-16)26-11-13-27(14-12-26)21-23-24-25-28(21)17-9-5-2-6-10-17/h1-10,15H,11-14H2. The average molecular weight is 417 g/mol. The van der Waals surface area contributed by atoms with Crippen LogP contribution in [0.25, 0.3) is 16.3 Å². The molecule has 0 radical (unpaired) electrons. The van der Waals surface area contributed by atoms with Crippen molar-refractivity contribution in [2.24, 2.45) is 0 Å². The predicted molar refractivity (Wildman–Crippen MR) is 115 cm³/mol. The second-order valence-corrected chi connectivity index (χ2v) is 7.93. The second-order valence-electron chi connectivity index (χ2n) is 6.90. The molecule has 1 aliphatic rings. The van der Waals surface area contributed by atoms with Gasteiger partial charge >= 0.3 is 0 Å². The van der Waals surface area contributed by atoms with Gasteiger partial charge in [0.2, 0.25) is 5.95 Å². The lowest BCUT2D eigenvalue weighted by molar-refractivity contribution is 0.0750. The summed E-state index contributed by atoms with van der Waals surface area (Å²) in [5.74, 6) is 0.717. The number of para-hydroxylation sites is 1. The van der Waals surface area contributed by atoms with E-state index in [1.54, 1.807) is 10.9 Å². The number of tetrazole rings is 1.